The van der Waals surface area contributed by atoms with Crippen molar-refractivity contribution in [1.29, 1.82) is 5.26 Å². The van der Waals surface area contributed by atoms with Crippen LogP contribution in [0.25, 0.3) is 5.41 Å². The van der Waals surface area contributed by atoms with Crippen LogP contribution in [0.2, 0.25) is 0 Å². The molecular weight excluding hydrogens is 395 g/mol. The molecule has 0 aliphatic rings. The summed E-state index contributed by atoms with van der Waals surface area (Å²) in [5.74, 6) is 1.19. The van der Waals surface area contributed by atoms with Crippen molar-refractivity contribution in [2.24, 2.45) is 0 Å². The van der Waals surface area contributed by atoms with E-state index in [9.17, 15) is 8.76 Å². The van der Waals surface area contributed by atoms with E-state index >= 15 is 0 Å². The number of nitrogens with zero attached hydrogens (tertiary/aromatic N) is 2. The zero-order valence-electron chi connectivity index (χ0n) is 4.33. The Hall–Kier alpha value is -1.95. The molecule has 0 bridgehead atoms. The number of allylic oxidation sites excluding steroid dienone is 1. The Morgan fingerprint density at radius 3 is 2.22 bits per heavy atom. The van der Waals surface area contributed by atoms with E-state index < -0.39 is 16.0 Å². The van der Waals surface area contributed by atoms with E-state index in [-0.39, 0.29) is 0 Å². The number of nitriles is 1. The summed E-state index contributed by atoms with van der Waals surface area (Å²) in [5, 5.41) is 15.6. The van der Waals surface area contributed by atoms with Gasteiger partial charge in [-0.25, -0.2) is 5.87 Å². The van der Waals surface area contributed by atoms with Crippen LogP contribution in [0.15, 0.2) is 4.91 Å². The normalized spacial score (nSPS) is 9.78. The first-order valence-electron chi connectivity index (χ1n) is 1.48. The van der Waals surface area contributed by atoms with Crippen molar-refractivity contribution in [3.8, 4) is 6.07 Å². The van der Waals surface area contributed by atoms with E-state index in [0.717, 1.165) is 0 Å². The molecule has 0 aromatic rings. The maximum atomic E-state index is 9.68. The molecule has 0 spiro atoms. The molecule has 4 nitrogen and oxygen atoms in total. The molecule has 0 radical (unpaired) electrons. The second-order valence-electron chi connectivity index (χ2n) is 0.787. The molecule has 44 valence electrons. The summed E-state index contributed by atoms with van der Waals surface area (Å²) in [6, 6.07) is 1.19. The molecule has 1 unspecified atom stereocenters. The number of rotatable bonds is 1. The van der Waals surface area contributed by atoms with E-state index in [4.69, 9.17) is 10.7 Å². The van der Waals surface area contributed by atoms with Crippen LogP contribution in [-0.4, -0.2) is 14.6 Å². The minimum absolute atomic E-state index is 0. The zero-order chi connectivity index (χ0) is 6.57. The molecule has 6 heteroatoms. The van der Waals surface area contributed by atoms with Gasteiger partial charge in [-0.15, -0.1) is 0 Å². The van der Waals surface area contributed by atoms with Crippen LogP contribution in [-0.2, 0) is 11.1 Å². The molecule has 0 heterocycles. The third-order valence-corrected chi connectivity index (χ3v) is 0.886. The van der Waals surface area contributed by atoms with Gasteiger partial charge in [-0.3, -0.25) is 4.21 Å². The van der Waals surface area contributed by atoms with Gasteiger partial charge in [0.25, 0.3) is 0 Å². The van der Waals surface area contributed by atoms with Gasteiger partial charge >= 0.3 is 0 Å². The second-order valence-corrected chi connectivity index (χ2v) is 1.67. The van der Waals surface area contributed by atoms with E-state index in [2.05, 4.69) is 0 Å². The standard InChI is InChI=1S/C3HN2O2S.Rf/c4-1-3(2-5)8(6)7;/h(H,6,7);/q-1;/p-1. The Bertz CT molecular complexity index is 202. The van der Waals surface area contributed by atoms with Gasteiger partial charge < -0.3 is 9.96 Å². The molecule has 0 rings (SSSR count). The third-order valence-electron chi connectivity index (χ3n) is 0.370. The molecule has 0 aliphatic heterocycles. The molecule has 0 N–H and O–H groups in total. The first kappa shape index (κ1) is 10.1. The predicted molar refractivity (Wildman–Crippen MR) is 26.4 cm³/mol. The maximum Gasteiger partial charge on any atom is 0.121 e. The summed E-state index contributed by atoms with van der Waals surface area (Å²) in [4.78, 5) is -0.787. The molecule has 0 fully saturated rings. The monoisotopic (exact) mass is 395 g/mol. The van der Waals surface area contributed by atoms with Crippen molar-refractivity contribution in [3.63, 3.8) is 0 Å². The van der Waals surface area contributed by atoms with E-state index in [1.165, 1.54) is 11.9 Å². The Kier molecular flexibility index (Phi) is 4.74. The summed E-state index contributed by atoms with van der Waals surface area (Å²) < 4.78 is 19.4. The molecule has 0 saturated carbocycles. The molecule has 1 atom stereocenters. The molecule has 0 saturated heterocycles. The Morgan fingerprint density at radius 2 is 2.22 bits per heavy atom. The number of hydrogen-bond acceptors (Lipinski definition) is 3. The van der Waals surface area contributed by atoms with E-state index in [0.29, 0.717) is 0 Å². The summed E-state index contributed by atoms with van der Waals surface area (Å²) in [5.41, 5.74) is 0. The molecule has 0 amide bonds. The Morgan fingerprint density at radius 1 is 1.78 bits per heavy atom. The van der Waals surface area contributed by atoms with Crippen LogP contribution in [0, 0.1) is 11.3 Å². The fraction of sp³-hybridized carbons (Fsp3) is 0. The van der Waals surface area contributed by atoms with Gasteiger partial charge in [0.2, 0.25) is 0 Å². The summed E-state index contributed by atoms with van der Waals surface area (Å²) in [6.45, 7) is 0. The summed E-state index contributed by atoms with van der Waals surface area (Å²) in [6.07, 6.45) is 0. The van der Waals surface area contributed by atoms with Gasteiger partial charge in [0, 0.05) is 0 Å². The fourth-order valence-corrected chi connectivity index (χ4v) is 0.249. The topological polar surface area (TPSA) is 86.2 Å². The van der Waals surface area contributed by atoms with Crippen LogP contribution in [0.5, 0.6) is 0 Å². The molecule has 0 aliphatic carbocycles. The van der Waals surface area contributed by atoms with Crippen molar-refractivity contribution in [2.75, 3.05) is 0 Å². The van der Waals surface area contributed by atoms with Gasteiger partial charge in [-0.05, 0) is 11.1 Å². The van der Waals surface area contributed by atoms with Crippen molar-refractivity contribution < 1.29 is 8.76 Å². The Balaban J connectivity index is 0. The van der Waals surface area contributed by atoms with Crippen LogP contribution >= 0.6 is 0 Å². The van der Waals surface area contributed by atoms with Crippen molar-refractivity contribution >= 4 is 17.0 Å². The predicted octanol–water partition coefficient (Wildman–Crippen LogP) is -0.488. The van der Waals surface area contributed by atoms with Gasteiger partial charge in [0.1, 0.15) is 11.0 Å². The van der Waals surface area contributed by atoms with Crippen LogP contribution in [0.4, 0.5) is 0 Å². The first-order chi connectivity index (χ1) is 3.72. The van der Waals surface area contributed by atoms with Gasteiger partial charge in [-0.2, -0.15) is 5.26 Å². The smallest absolute Gasteiger partial charge is 0.121 e. The Labute approximate surface area is 48.2 Å². The van der Waals surface area contributed by atoms with Crippen LogP contribution < -0.4 is 0 Å². The zero-order valence-corrected chi connectivity index (χ0v) is 11.5. The van der Waals surface area contributed by atoms with Gasteiger partial charge in [0.15, 0.2) is 0 Å². The minimum atomic E-state index is -2.66. The fourth-order valence-electron chi connectivity index (χ4n) is 0.0995. The SMILES string of the molecule is N#CC(=C=[N-])S(=O)[O-].[Rf]. The quantitative estimate of drug-likeness (QED) is 0.341. The molecule has 0 aromatic heterocycles. The van der Waals surface area contributed by atoms with Crippen molar-refractivity contribution in [1.82, 2.24) is 0 Å². The maximum absolute atomic E-state index is 9.68. The van der Waals surface area contributed by atoms with Crippen LogP contribution in [0.3, 0.4) is 0 Å². The average Bonchev–Trinajstić information content (AvgIpc) is 1.69. The molecule has 9 heavy (non-hydrogen) atoms. The van der Waals surface area contributed by atoms with Crippen molar-refractivity contribution in [3.05, 3.63) is 10.3 Å². The molecular formula is C3N2O2RfS-2. The van der Waals surface area contributed by atoms with E-state index in [1.807, 2.05) is 0 Å². The first-order valence-corrected chi connectivity index (χ1v) is 2.56. The summed E-state index contributed by atoms with van der Waals surface area (Å²) in [7, 11) is 0. The molecule has 0 aromatic carbocycles. The summed E-state index contributed by atoms with van der Waals surface area (Å²) >= 11 is -2.66. The van der Waals surface area contributed by atoms with E-state index in [1.54, 1.807) is 0 Å². The minimum Gasteiger partial charge on any atom is -0.767 e. The van der Waals surface area contributed by atoms with Crippen LogP contribution in [0.1, 0.15) is 0 Å². The second kappa shape index (κ2) is 4.22. The van der Waals surface area contributed by atoms with Gasteiger partial charge in [0.05, 0.1) is 0 Å². The number of hydrogen-bond donors (Lipinski definition) is 0. The average molecular weight is 395 g/mol. The largest absolute Gasteiger partial charge is 0.767 e. The third kappa shape index (κ3) is 2.71. The van der Waals surface area contributed by atoms with Gasteiger partial charge in [-0.1, -0.05) is 0 Å². The van der Waals surface area contributed by atoms with Crippen molar-refractivity contribution in [2.45, 2.75) is 0 Å².